The van der Waals surface area contributed by atoms with Gasteiger partial charge in [0.15, 0.2) is 11.5 Å². The number of esters is 1. The molecule has 1 heterocycles. The highest BCUT2D eigenvalue weighted by atomic mass is 16.6. The van der Waals surface area contributed by atoms with Crippen molar-refractivity contribution in [3.63, 3.8) is 0 Å². The number of phenols is 1. The Morgan fingerprint density at radius 3 is 2.54 bits per heavy atom. The number of rotatable bonds is 5. The molecule has 6 nitrogen and oxygen atoms in total. The Morgan fingerprint density at radius 1 is 1.21 bits per heavy atom. The molecule has 0 aromatic heterocycles. The third-order valence-corrected chi connectivity index (χ3v) is 5.30. The molecule has 2 aromatic carbocycles. The fourth-order valence-corrected chi connectivity index (χ4v) is 3.89. The maximum Gasteiger partial charge on any atom is 0.308 e. The molecule has 28 heavy (non-hydrogen) atoms. The average Bonchev–Trinajstić information content (AvgIpc) is 2.66. The Balaban J connectivity index is 2.05. The molecule has 0 amide bonds. The van der Waals surface area contributed by atoms with E-state index in [-0.39, 0.29) is 17.5 Å². The van der Waals surface area contributed by atoms with Gasteiger partial charge in [-0.05, 0) is 55.6 Å². The summed E-state index contributed by atoms with van der Waals surface area (Å²) < 4.78 is 16.0. The van der Waals surface area contributed by atoms with Crippen molar-refractivity contribution in [2.24, 2.45) is 0 Å². The van der Waals surface area contributed by atoms with Crippen molar-refractivity contribution < 1.29 is 24.1 Å². The standard InChI is InChI=1S/C22H27NO5/c1-13-10-15(6-7-18(13)26-4)11-17-20-16(8-9-23(17)3)12-19(27-5)22(21(20)25)28-14(2)24/h6-7,10,12,17,25H,8-9,11H2,1-5H3. The SMILES string of the molecule is COc1ccc(CC2c3c(cc(OC)c(OC(C)=O)c3O)CCN2C)cc1C. The van der Waals surface area contributed by atoms with Crippen LogP contribution < -0.4 is 14.2 Å². The van der Waals surface area contributed by atoms with Gasteiger partial charge in [-0.3, -0.25) is 9.69 Å². The number of methoxy groups -OCH3 is 2. The highest BCUT2D eigenvalue weighted by Gasteiger charge is 2.32. The lowest BCUT2D eigenvalue weighted by Gasteiger charge is -2.36. The van der Waals surface area contributed by atoms with Crippen LogP contribution in [0.2, 0.25) is 0 Å². The van der Waals surface area contributed by atoms with Crippen molar-refractivity contribution in [2.75, 3.05) is 27.8 Å². The van der Waals surface area contributed by atoms with Crippen molar-refractivity contribution in [3.05, 3.63) is 46.5 Å². The number of ether oxygens (including phenoxy) is 3. The number of fused-ring (bicyclic) bond motifs is 1. The second kappa shape index (κ2) is 8.10. The molecule has 0 spiro atoms. The van der Waals surface area contributed by atoms with E-state index in [1.54, 1.807) is 7.11 Å². The van der Waals surface area contributed by atoms with Crippen molar-refractivity contribution in [1.82, 2.24) is 4.90 Å². The Kier molecular flexibility index (Phi) is 5.79. The van der Waals surface area contributed by atoms with E-state index in [0.717, 1.165) is 41.0 Å². The molecule has 1 atom stereocenters. The van der Waals surface area contributed by atoms with Gasteiger partial charge in [0.05, 0.1) is 14.2 Å². The van der Waals surface area contributed by atoms with Crippen LogP contribution in [0, 0.1) is 6.92 Å². The smallest absolute Gasteiger partial charge is 0.308 e. The van der Waals surface area contributed by atoms with E-state index in [1.165, 1.54) is 14.0 Å². The van der Waals surface area contributed by atoms with Crippen LogP contribution in [0.3, 0.4) is 0 Å². The van der Waals surface area contributed by atoms with Crippen molar-refractivity contribution >= 4 is 5.97 Å². The van der Waals surface area contributed by atoms with Gasteiger partial charge in [0, 0.05) is 25.1 Å². The van der Waals surface area contributed by atoms with Gasteiger partial charge in [0.25, 0.3) is 0 Å². The van der Waals surface area contributed by atoms with Gasteiger partial charge in [0.1, 0.15) is 5.75 Å². The average molecular weight is 385 g/mol. The van der Waals surface area contributed by atoms with Gasteiger partial charge in [-0.15, -0.1) is 0 Å². The molecule has 1 aliphatic rings. The number of aromatic hydroxyl groups is 1. The fourth-order valence-electron chi connectivity index (χ4n) is 3.89. The predicted molar refractivity (Wildman–Crippen MR) is 106 cm³/mol. The van der Waals surface area contributed by atoms with Crippen molar-refractivity contribution in [1.29, 1.82) is 0 Å². The van der Waals surface area contributed by atoms with Crippen LogP contribution in [0.15, 0.2) is 24.3 Å². The summed E-state index contributed by atoms with van der Waals surface area (Å²) in [7, 11) is 5.20. The number of carbonyl (C=O) groups is 1. The molecule has 150 valence electrons. The minimum absolute atomic E-state index is 0.0219. The summed E-state index contributed by atoms with van der Waals surface area (Å²) in [6.07, 6.45) is 1.50. The van der Waals surface area contributed by atoms with Gasteiger partial charge in [-0.1, -0.05) is 12.1 Å². The lowest BCUT2D eigenvalue weighted by molar-refractivity contribution is -0.132. The van der Waals surface area contributed by atoms with Crippen LogP contribution in [-0.2, 0) is 17.6 Å². The second-order valence-electron chi connectivity index (χ2n) is 7.18. The molecule has 1 unspecified atom stereocenters. The molecular weight excluding hydrogens is 358 g/mol. The summed E-state index contributed by atoms with van der Waals surface area (Å²) in [4.78, 5) is 13.7. The summed E-state index contributed by atoms with van der Waals surface area (Å²) in [5.41, 5.74) is 4.02. The van der Waals surface area contributed by atoms with E-state index < -0.39 is 5.97 Å². The Morgan fingerprint density at radius 2 is 1.93 bits per heavy atom. The van der Waals surface area contributed by atoms with E-state index in [1.807, 2.05) is 32.2 Å². The topological polar surface area (TPSA) is 68.2 Å². The van der Waals surface area contributed by atoms with E-state index in [4.69, 9.17) is 14.2 Å². The van der Waals surface area contributed by atoms with Crippen LogP contribution in [0.4, 0.5) is 0 Å². The fraction of sp³-hybridized carbons (Fsp3) is 0.409. The number of nitrogens with zero attached hydrogens (tertiary/aromatic N) is 1. The van der Waals surface area contributed by atoms with E-state index in [2.05, 4.69) is 11.0 Å². The van der Waals surface area contributed by atoms with Gasteiger partial charge in [0.2, 0.25) is 5.75 Å². The zero-order valence-corrected chi connectivity index (χ0v) is 17.0. The van der Waals surface area contributed by atoms with Crippen LogP contribution >= 0.6 is 0 Å². The molecule has 0 aliphatic carbocycles. The summed E-state index contributed by atoms with van der Waals surface area (Å²) >= 11 is 0. The number of carbonyl (C=O) groups excluding carboxylic acids is 1. The minimum Gasteiger partial charge on any atom is -0.504 e. The highest BCUT2D eigenvalue weighted by molar-refractivity contribution is 5.73. The monoisotopic (exact) mass is 385 g/mol. The maximum atomic E-state index is 11.5. The van der Waals surface area contributed by atoms with Gasteiger partial charge >= 0.3 is 5.97 Å². The first-order chi connectivity index (χ1) is 13.3. The molecule has 1 N–H and O–H groups in total. The number of hydrogen-bond acceptors (Lipinski definition) is 6. The predicted octanol–water partition coefficient (Wildman–Crippen LogP) is 3.41. The molecule has 0 fully saturated rings. The Labute approximate surface area is 165 Å². The maximum absolute atomic E-state index is 11.5. The Hall–Kier alpha value is -2.73. The van der Waals surface area contributed by atoms with Crippen molar-refractivity contribution in [3.8, 4) is 23.0 Å². The lowest BCUT2D eigenvalue weighted by atomic mass is 9.87. The molecule has 0 saturated carbocycles. The molecule has 6 heteroatoms. The van der Waals surface area contributed by atoms with Crippen LogP contribution in [-0.4, -0.2) is 43.8 Å². The number of phenolic OH excluding ortho intramolecular Hbond substituents is 1. The van der Waals surface area contributed by atoms with Crippen LogP contribution in [0.1, 0.15) is 35.2 Å². The highest BCUT2D eigenvalue weighted by Crippen LogP contribution is 2.47. The molecule has 0 bridgehead atoms. The van der Waals surface area contributed by atoms with Crippen molar-refractivity contribution in [2.45, 2.75) is 32.7 Å². The largest absolute Gasteiger partial charge is 0.504 e. The Bertz CT molecular complexity index is 893. The lowest BCUT2D eigenvalue weighted by Crippen LogP contribution is -2.33. The third-order valence-electron chi connectivity index (χ3n) is 5.30. The first kappa shape index (κ1) is 20.0. The molecular formula is C22H27NO5. The zero-order valence-electron chi connectivity index (χ0n) is 17.0. The van der Waals surface area contributed by atoms with Gasteiger partial charge < -0.3 is 19.3 Å². The van der Waals surface area contributed by atoms with E-state index >= 15 is 0 Å². The molecule has 2 aromatic rings. The first-order valence-electron chi connectivity index (χ1n) is 9.30. The molecule has 0 saturated heterocycles. The number of likely N-dealkylation sites (N-methyl/N-ethyl adjacent to an activating group) is 1. The number of benzene rings is 2. The number of aryl methyl sites for hydroxylation is 1. The van der Waals surface area contributed by atoms with Gasteiger partial charge in [-0.2, -0.15) is 0 Å². The van der Waals surface area contributed by atoms with E-state index in [0.29, 0.717) is 12.2 Å². The van der Waals surface area contributed by atoms with Gasteiger partial charge in [-0.25, -0.2) is 0 Å². The molecule has 3 rings (SSSR count). The quantitative estimate of drug-likeness (QED) is 0.628. The van der Waals surface area contributed by atoms with Crippen LogP contribution in [0.5, 0.6) is 23.0 Å². The summed E-state index contributed by atoms with van der Waals surface area (Å²) in [5, 5.41) is 11.0. The zero-order chi connectivity index (χ0) is 20.4. The first-order valence-corrected chi connectivity index (χ1v) is 9.30. The molecule has 1 aliphatic heterocycles. The normalized spacial score (nSPS) is 16.4. The summed E-state index contributed by atoms with van der Waals surface area (Å²) in [5.74, 6) is 0.785. The molecule has 0 radical (unpaired) electrons. The summed E-state index contributed by atoms with van der Waals surface area (Å²) in [6, 6.07) is 7.94. The number of hydrogen-bond donors (Lipinski definition) is 1. The van der Waals surface area contributed by atoms with E-state index in [9.17, 15) is 9.90 Å². The minimum atomic E-state index is -0.500. The third kappa shape index (κ3) is 3.78. The second-order valence-corrected chi connectivity index (χ2v) is 7.18. The summed E-state index contributed by atoms with van der Waals surface area (Å²) in [6.45, 7) is 4.19. The van der Waals surface area contributed by atoms with Crippen LogP contribution in [0.25, 0.3) is 0 Å².